The molecule has 1 saturated heterocycles. The van der Waals surface area contributed by atoms with Crippen LogP contribution in [0, 0.1) is 0 Å². The van der Waals surface area contributed by atoms with Gasteiger partial charge < -0.3 is 20.1 Å². The summed E-state index contributed by atoms with van der Waals surface area (Å²) in [6, 6.07) is 2.08. The SMILES string of the molecule is CC1COCCN1C(=O)Nc1c(Cl)cc(C(=O)O)cc1Cl. The van der Waals surface area contributed by atoms with Crippen molar-refractivity contribution in [1.29, 1.82) is 0 Å². The molecule has 2 N–H and O–H groups in total. The first-order valence-corrected chi connectivity index (χ1v) is 7.03. The maximum absolute atomic E-state index is 12.2. The topological polar surface area (TPSA) is 78.9 Å². The van der Waals surface area contributed by atoms with Gasteiger partial charge in [0.1, 0.15) is 0 Å². The number of halogens is 2. The van der Waals surface area contributed by atoms with Crippen LogP contribution in [0.15, 0.2) is 12.1 Å². The molecule has 2 rings (SSSR count). The largest absolute Gasteiger partial charge is 0.478 e. The number of rotatable bonds is 2. The van der Waals surface area contributed by atoms with Crippen LogP contribution >= 0.6 is 23.2 Å². The molecule has 1 aromatic rings. The predicted octanol–water partition coefficient (Wildman–Crippen LogP) is 2.94. The van der Waals surface area contributed by atoms with E-state index in [-0.39, 0.29) is 33.4 Å². The van der Waals surface area contributed by atoms with Crippen molar-refractivity contribution >= 4 is 40.9 Å². The van der Waals surface area contributed by atoms with Crippen molar-refractivity contribution < 1.29 is 19.4 Å². The highest BCUT2D eigenvalue weighted by atomic mass is 35.5. The molecule has 114 valence electrons. The highest BCUT2D eigenvalue weighted by Gasteiger charge is 2.25. The molecule has 1 atom stereocenters. The van der Waals surface area contributed by atoms with E-state index in [4.69, 9.17) is 33.0 Å². The molecule has 0 aliphatic carbocycles. The van der Waals surface area contributed by atoms with Crippen LogP contribution in [-0.4, -0.2) is 47.8 Å². The number of urea groups is 1. The van der Waals surface area contributed by atoms with Gasteiger partial charge in [0.25, 0.3) is 0 Å². The number of nitrogens with zero attached hydrogens (tertiary/aromatic N) is 1. The van der Waals surface area contributed by atoms with Gasteiger partial charge in [-0.1, -0.05) is 23.2 Å². The Balaban J connectivity index is 2.19. The Hall–Kier alpha value is -1.50. The highest BCUT2D eigenvalue weighted by Crippen LogP contribution is 2.32. The first kappa shape index (κ1) is 15.9. The fourth-order valence-electron chi connectivity index (χ4n) is 2.02. The molecule has 6 nitrogen and oxygen atoms in total. The first-order chi connectivity index (χ1) is 9.90. The minimum atomic E-state index is -1.14. The molecule has 21 heavy (non-hydrogen) atoms. The van der Waals surface area contributed by atoms with Crippen LogP contribution in [-0.2, 0) is 4.74 Å². The number of ether oxygens (including phenoxy) is 1. The van der Waals surface area contributed by atoms with E-state index in [0.29, 0.717) is 19.8 Å². The zero-order valence-electron chi connectivity index (χ0n) is 11.2. The molecule has 1 unspecified atom stereocenters. The standard InChI is InChI=1S/C13H14Cl2N2O4/c1-7-6-21-3-2-17(7)13(20)16-11-9(14)4-8(12(18)19)5-10(11)15/h4-5,7H,2-3,6H2,1H3,(H,16,20)(H,18,19). The van der Waals surface area contributed by atoms with Crippen LogP contribution < -0.4 is 5.32 Å². The van der Waals surface area contributed by atoms with Crippen molar-refractivity contribution in [2.24, 2.45) is 0 Å². The molecule has 0 bridgehead atoms. The minimum Gasteiger partial charge on any atom is -0.478 e. The van der Waals surface area contributed by atoms with Crippen LogP contribution in [0.1, 0.15) is 17.3 Å². The van der Waals surface area contributed by atoms with E-state index in [1.165, 1.54) is 12.1 Å². The molecule has 1 fully saturated rings. The lowest BCUT2D eigenvalue weighted by Crippen LogP contribution is -2.48. The Bertz CT molecular complexity index is 556. The number of anilines is 1. The third kappa shape index (κ3) is 3.58. The van der Waals surface area contributed by atoms with E-state index in [0.717, 1.165) is 0 Å². The van der Waals surface area contributed by atoms with Gasteiger partial charge in [0.2, 0.25) is 0 Å². The van der Waals surface area contributed by atoms with Crippen LogP contribution in [0.3, 0.4) is 0 Å². The Morgan fingerprint density at radius 2 is 2.00 bits per heavy atom. The van der Waals surface area contributed by atoms with Crippen LogP contribution in [0.25, 0.3) is 0 Å². The third-order valence-corrected chi connectivity index (χ3v) is 3.75. The number of aromatic carboxylic acids is 1. The molecule has 1 aliphatic rings. The van der Waals surface area contributed by atoms with Gasteiger partial charge >= 0.3 is 12.0 Å². The molecule has 0 saturated carbocycles. The Labute approximate surface area is 131 Å². The van der Waals surface area contributed by atoms with E-state index in [2.05, 4.69) is 5.32 Å². The number of amides is 2. The zero-order chi connectivity index (χ0) is 15.6. The predicted molar refractivity (Wildman–Crippen MR) is 79.4 cm³/mol. The Morgan fingerprint density at radius 3 is 2.52 bits per heavy atom. The lowest BCUT2D eigenvalue weighted by atomic mass is 10.2. The third-order valence-electron chi connectivity index (χ3n) is 3.15. The fourth-order valence-corrected chi connectivity index (χ4v) is 2.61. The highest BCUT2D eigenvalue weighted by molar-refractivity contribution is 6.40. The quantitative estimate of drug-likeness (QED) is 0.872. The molecule has 0 aromatic heterocycles. The van der Waals surface area contributed by atoms with Crippen molar-refractivity contribution in [1.82, 2.24) is 4.90 Å². The van der Waals surface area contributed by atoms with Gasteiger partial charge in [-0.15, -0.1) is 0 Å². The number of hydrogen-bond acceptors (Lipinski definition) is 3. The van der Waals surface area contributed by atoms with Gasteiger partial charge in [-0.25, -0.2) is 9.59 Å². The molecular formula is C13H14Cl2N2O4. The minimum absolute atomic E-state index is 0.0391. The van der Waals surface area contributed by atoms with Gasteiger partial charge in [0.15, 0.2) is 0 Å². The van der Waals surface area contributed by atoms with E-state index >= 15 is 0 Å². The summed E-state index contributed by atoms with van der Waals surface area (Å²) in [5, 5.41) is 11.7. The summed E-state index contributed by atoms with van der Waals surface area (Å²) in [5.74, 6) is -1.14. The fraction of sp³-hybridized carbons (Fsp3) is 0.385. The van der Waals surface area contributed by atoms with E-state index in [9.17, 15) is 9.59 Å². The number of hydrogen-bond donors (Lipinski definition) is 2. The summed E-state index contributed by atoms with van der Waals surface area (Å²) in [6.45, 7) is 3.27. The van der Waals surface area contributed by atoms with Crippen molar-refractivity contribution in [3.63, 3.8) is 0 Å². The smallest absolute Gasteiger partial charge is 0.335 e. The number of carbonyl (C=O) groups excluding carboxylic acids is 1. The second kappa shape index (κ2) is 6.51. The monoisotopic (exact) mass is 332 g/mol. The number of carboxylic acids is 1. The lowest BCUT2D eigenvalue weighted by Gasteiger charge is -2.33. The first-order valence-electron chi connectivity index (χ1n) is 6.28. The normalized spacial score (nSPS) is 18.4. The van der Waals surface area contributed by atoms with Crippen molar-refractivity contribution in [3.05, 3.63) is 27.7 Å². The van der Waals surface area contributed by atoms with E-state index in [1.54, 1.807) is 4.90 Å². The van der Waals surface area contributed by atoms with Gasteiger partial charge in [0.05, 0.1) is 40.6 Å². The molecule has 0 radical (unpaired) electrons. The molecule has 8 heteroatoms. The summed E-state index contributed by atoms with van der Waals surface area (Å²) < 4.78 is 5.26. The molecular weight excluding hydrogens is 319 g/mol. The van der Waals surface area contributed by atoms with Crippen LogP contribution in [0.5, 0.6) is 0 Å². The van der Waals surface area contributed by atoms with Crippen molar-refractivity contribution in [2.75, 3.05) is 25.1 Å². The maximum Gasteiger partial charge on any atom is 0.335 e. The van der Waals surface area contributed by atoms with Crippen molar-refractivity contribution in [3.8, 4) is 0 Å². The van der Waals surface area contributed by atoms with Gasteiger partial charge in [0, 0.05) is 6.54 Å². The Morgan fingerprint density at radius 1 is 1.38 bits per heavy atom. The summed E-state index contributed by atoms with van der Waals surface area (Å²) in [5.41, 5.74) is 0.162. The molecule has 2 amide bonds. The summed E-state index contributed by atoms with van der Waals surface area (Å²) >= 11 is 12.0. The summed E-state index contributed by atoms with van der Waals surface area (Å²) in [6.07, 6.45) is 0. The average Bonchev–Trinajstić information content (AvgIpc) is 2.42. The number of nitrogens with one attached hydrogen (secondary N) is 1. The molecule has 1 heterocycles. The van der Waals surface area contributed by atoms with Crippen molar-refractivity contribution in [2.45, 2.75) is 13.0 Å². The second-order valence-electron chi connectivity index (χ2n) is 4.67. The average molecular weight is 333 g/mol. The lowest BCUT2D eigenvalue weighted by molar-refractivity contribution is 0.0222. The number of carbonyl (C=O) groups is 2. The summed E-state index contributed by atoms with van der Waals surface area (Å²) in [7, 11) is 0. The zero-order valence-corrected chi connectivity index (χ0v) is 12.7. The number of benzene rings is 1. The summed E-state index contributed by atoms with van der Waals surface area (Å²) in [4.78, 5) is 24.7. The molecule has 0 spiro atoms. The second-order valence-corrected chi connectivity index (χ2v) is 5.48. The van der Waals surface area contributed by atoms with Crippen LogP contribution in [0.4, 0.5) is 10.5 Å². The van der Waals surface area contributed by atoms with Gasteiger partial charge in [-0.3, -0.25) is 0 Å². The van der Waals surface area contributed by atoms with Crippen LogP contribution in [0.2, 0.25) is 10.0 Å². The maximum atomic E-state index is 12.2. The van der Waals surface area contributed by atoms with Gasteiger partial charge in [-0.05, 0) is 19.1 Å². The Kier molecular flexibility index (Phi) is 4.92. The van der Waals surface area contributed by atoms with E-state index in [1.807, 2.05) is 6.92 Å². The molecule has 1 aromatic carbocycles. The van der Waals surface area contributed by atoms with Gasteiger partial charge in [-0.2, -0.15) is 0 Å². The number of morpholine rings is 1. The number of carboxylic acid groups (broad SMARTS) is 1. The van der Waals surface area contributed by atoms with E-state index < -0.39 is 5.97 Å². The molecule has 1 aliphatic heterocycles.